The lowest BCUT2D eigenvalue weighted by atomic mass is 9.98. The first kappa shape index (κ1) is 19.2. The van der Waals surface area contributed by atoms with Crippen molar-refractivity contribution >= 4 is 32.3 Å². The summed E-state index contributed by atoms with van der Waals surface area (Å²) in [5.41, 5.74) is 0.565. The zero-order chi connectivity index (χ0) is 17.9. The summed E-state index contributed by atoms with van der Waals surface area (Å²) >= 11 is 1.58. The molecular formula is C16H26N2O4S2. The summed E-state index contributed by atoms with van der Waals surface area (Å²) in [6.45, 7) is 5.15. The highest BCUT2D eigenvalue weighted by Gasteiger charge is 2.26. The lowest BCUT2D eigenvalue weighted by Gasteiger charge is -2.17. The fourth-order valence-corrected chi connectivity index (χ4v) is 5.19. The number of esters is 1. The molecule has 0 amide bonds. The molecule has 1 aromatic heterocycles. The minimum absolute atomic E-state index is 0.217. The summed E-state index contributed by atoms with van der Waals surface area (Å²) in [6, 6.07) is 2.12. The molecule has 0 aliphatic carbocycles. The second-order valence-electron chi connectivity index (χ2n) is 6.47. The van der Waals surface area contributed by atoms with Gasteiger partial charge in [-0.05, 0) is 45.1 Å². The Morgan fingerprint density at radius 1 is 1.38 bits per heavy atom. The van der Waals surface area contributed by atoms with Crippen LogP contribution in [0.1, 0.15) is 54.3 Å². The number of anilines is 1. The van der Waals surface area contributed by atoms with Crippen molar-refractivity contribution in [2.45, 2.75) is 45.1 Å². The maximum Gasteiger partial charge on any atom is 0.340 e. The maximum atomic E-state index is 12.0. The third-order valence-corrected chi connectivity index (χ3v) is 6.67. The topological polar surface area (TPSA) is 75.7 Å². The van der Waals surface area contributed by atoms with E-state index in [1.54, 1.807) is 15.6 Å². The zero-order valence-corrected chi connectivity index (χ0v) is 16.3. The van der Waals surface area contributed by atoms with E-state index in [0.29, 0.717) is 18.7 Å². The summed E-state index contributed by atoms with van der Waals surface area (Å²) in [5, 5.41) is 4.14. The van der Waals surface area contributed by atoms with Crippen molar-refractivity contribution in [3.05, 3.63) is 16.5 Å². The fourth-order valence-electron chi connectivity index (χ4n) is 2.93. The van der Waals surface area contributed by atoms with E-state index in [0.717, 1.165) is 29.1 Å². The molecular weight excluding hydrogens is 348 g/mol. The first-order valence-corrected chi connectivity index (χ1v) is 10.8. The Morgan fingerprint density at radius 2 is 2.08 bits per heavy atom. The number of hydrogen-bond acceptors (Lipinski definition) is 6. The van der Waals surface area contributed by atoms with Gasteiger partial charge in [-0.2, -0.15) is 0 Å². The van der Waals surface area contributed by atoms with Crippen LogP contribution >= 0.6 is 11.3 Å². The van der Waals surface area contributed by atoms with Crippen LogP contribution in [0, 0.1) is 0 Å². The van der Waals surface area contributed by atoms with Crippen molar-refractivity contribution in [3.63, 3.8) is 0 Å². The summed E-state index contributed by atoms with van der Waals surface area (Å²) < 4.78 is 29.9. The number of nitrogens with one attached hydrogen (secondary N) is 1. The van der Waals surface area contributed by atoms with Crippen LogP contribution in [-0.4, -0.2) is 51.2 Å². The Balaban J connectivity index is 2.22. The van der Waals surface area contributed by atoms with Crippen LogP contribution in [0.5, 0.6) is 0 Å². The van der Waals surface area contributed by atoms with Crippen LogP contribution in [0.4, 0.5) is 5.00 Å². The molecule has 0 spiro atoms. The number of methoxy groups -OCH3 is 1. The molecule has 8 heteroatoms. The minimum Gasteiger partial charge on any atom is -0.465 e. The van der Waals surface area contributed by atoms with E-state index in [1.807, 2.05) is 19.9 Å². The van der Waals surface area contributed by atoms with Gasteiger partial charge in [0, 0.05) is 24.0 Å². The van der Waals surface area contributed by atoms with Crippen LogP contribution in [0.3, 0.4) is 0 Å². The van der Waals surface area contributed by atoms with Gasteiger partial charge in [-0.25, -0.2) is 17.5 Å². The van der Waals surface area contributed by atoms with E-state index in [4.69, 9.17) is 4.74 Å². The zero-order valence-electron chi connectivity index (χ0n) is 14.7. The number of sulfonamides is 1. The molecule has 136 valence electrons. The van der Waals surface area contributed by atoms with Gasteiger partial charge in [0.15, 0.2) is 0 Å². The van der Waals surface area contributed by atoms with Gasteiger partial charge in [-0.1, -0.05) is 0 Å². The molecule has 0 radical (unpaired) electrons. The molecule has 0 saturated carbocycles. The van der Waals surface area contributed by atoms with E-state index in [-0.39, 0.29) is 17.9 Å². The molecule has 1 aliphatic heterocycles. The molecule has 1 atom stereocenters. The van der Waals surface area contributed by atoms with Crippen molar-refractivity contribution in [2.24, 2.45) is 0 Å². The SMILES string of the molecule is COC(=O)c1cc(C2CCCN(S(C)(=O)=O)CC2)sc1NC(C)C. The lowest BCUT2D eigenvalue weighted by molar-refractivity contribution is 0.0602. The van der Waals surface area contributed by atoms with E-state index < -0.39 is 10.0 Å². The van der Waals surface area contributed by atoms with Gasteiger partial charge < -0.3 is 10.1 Å². The fraction of sp³-hybridized carbons (Fsp3) is 0.688. The second kappa shape index (κ2) is 7.84. The van der Waals surface area contributed by atoms with Crippen LogP contribution in [0.15, 0.2) is 6.07 Å². The monoisotopic (exact) mass is 374 g/mol. The van der Waals surface area contributed by atoms with Crippen molar-refractivity contribution < 1.29 is 17.9 Å². The molecule has 1 aliphatic rings. The van der Waals surface area contributed by atoms with Gasteiger partial charge in [0.25, 0.3) is 0 Å². The number of rotatable bonds is 5. The molecule has 1 N–H and O–H groups in total. The molecule has 6 nitrogen and oxygen atoms in total. The van der Waals surface area contributed by atoms with Crippen LogP contribution in [-0.2, 0) is 14.8 Å². The predicted octanol–water partition coefficient (Wildman–Crippen LogP) is 2.88. The lowest BCUT2D eigenvalue weighted by Crippen LogP contribution is -2.30. The first-order valence-electron chi connectivity index (χ1n) is 8.16. The third-order valence-electron chi connectivity index (χ3n) is 4.13. The summed E-state index contributed by atoms with van der Waals surface area (Å²) in [5.74, 6) is -0.0695. The normalized spacial score (nSPS) is 20.0. The Kier molecular flexibility index (Phi) is 6.28. The number of thiophene rings is 1. The average molecular weight is 375 g/mol. The summed E-state index contributed by atoms with van der Waals surface area (Å²) in [6.07, 6.45) is 3.79. The van der Waals surface area contributed by atoms with E-state index in [1.165, 1.54) is 13.4 Å². The van der Waals surface area contributed by atoms with Crippen molar-refractivity contribution in [1.82, 2.24) is 4.31 Å². The smallest absolute Gasteiger partial charge is 0.340 e. The Morgan fingerprint density at radius 3 is 2.67 bits per heavy atom. The predicted molar refractivity (Wildman–Crippen MR) is 97.4 cm³/mol. The van der Waals surface area contributed by atoms with E-state index >= 15 is 0 Å². The molecule has 1 fully saturated rings. The average Bonchev–Trinajstić information content (AvgIpc) is 2.72. The van der Waals surface area contributed by atoms with Gasteiger partial charge >= 0.3 is 5.97 Å². The molecule has 0 aromatic carbocycles. The minimum atomic E-state index is -3.14. The molecule has 1 unspecified atom stereocenters. The third kappa shape index (κ3) is 4.70. The molecule has 2 rings (SSSR count). The van der Waals surface area contributed by atoms with Crippen LogP contribution in [0.25, 0.3) is 0 Å². The standard InChI is InChI=1S/C16H26N2O4S2/c1-11(2)17-15-13(16(19)22-3)10-14(23-15)12-6-5-8-18(9-7-12)24(4,20)21/h10-12,17H,5-9H2,1-4H3. The number of ether oxygens (including phenoxy) is 1. The van der Waals surface area contributed by atoms with E-state index in [9.17, 15) is 13.2 Å². The highest BCUT2D eigenvalue weighted by Crippen LogP contribution is 2.38. The Labute approximate surface area is 148 Å². The second-order valence-corrected chi connectivity index (χ2v) is 9.54. The van der Waals surface area contributed by atoms with Crippen LogP contribution < -0.4 is 5.32 Å². The van der Waals surface area contributed by atoms with Gasteiger partial charge in [-0.3, -0.25) is 0 Å². The first-order chi connectivity index (χ1) is 11.2. The number of carbonyl (C=O) groups is 1. The highest BCUT2D eigenvalue weighted by molar-refractivity contribution is 7.88. The molecule has 2 heterocycles. The van der Waals surface area contributed by atoms with Crippen molar-refractivity contribution in [3.8, 4) is 0 Å². The molecule has 24 heavy (non-hydrogen) atoms. The quantitative estimate of drug-likeness (QED) is 0.802. The van der Waals surface area contributed by atoms with E-state index in [2.05, 4.69) is 5.32 Å². The van der Waals surface area contributed by atoms with Crippen molar-refractivity contribution in [2.75, 3.05) is 31.8 Å². The number of hydrogen-bond donors (Lipinski definition) is 1. The van der Waals surface area contributed by atoms with Gasteiger partial charge in [-0.15, -0.1) is 11.3 Å². The van der Waals surface area contributed by atoms with Crippen LogP contribution in [0.2, 0.25) is 0 Å². The van der Waals surface area contributed by atoms with Gasteiger partial charge in [0.1, 0.15) is 5.00 Å². The van der Waals surface area contributed by atoms with Gasteiger partial charge in [0.05, 0.1) is 18.9 Å². The molecule has 0 bridgehead atoms. The number of carbonyl (C=O) groups excluding carboxylic acids is 1. The maximum absolute atomic E-state index is 12.0. The number of nitrogens with zero attached hydrogens (tertiary/aromatic N) is 1. The highest BCUT2D eigenvalue weighted by atomic mass is 32.2. The Hall–Kier alpha value is -1.12. The summed E-state index contributed by atoms with van der Waals surface area (Å²) in [4.78, 5) is 13.1. The Bertz CT molecular complexity index is 682. The molecule has 1 aromatic rings. The van der Waals surface area contributed by atoms with Gasteiger partial charge in [0.2, 0.25) is 10.0 Å². The molecule has 1 saturated heterocycles. The largest absolute Gasteiger partial charge is 0.465 e. The summed E-state index contributed by atoms with van der Waals surface area (Å²) in [7, 11) is -1.76. The van der Waals surface area contributed by atoms with Crippen molar-refractivity contribution in [1.29, 1.82) is 0 Å².